The lowest BCUT2D eigenvalue weighted by Gasteiger charge is -2.23. The van der Waals surface area contributed by atoms with Gasteiger partial charge in [0.1, 0.15) is 0 Å². The Morgan fingerprint density at radius 3 is 2.62 bits per heavy atom. The Hall–Kier alpha value is -2.66. The van der Waals surface area contributed by atoms with Crippen molar-refractivity contribution in [3.8, 4) is 0 Å². The van der Waals surface area contributed by atoms with Crippen LogP contribution in [0.15, 0.2) is 48.5 Å². The molecule has 1 amide bonds. The molecule has 1 atom stereocenters. The smallest absolute Gasteiger partial charge is 0.339 e. The van der Waals surface area contributed by atoms with Crippen molar-refractivity contribution < 1.29 is 19.1 Å². The van der Waals surface area contributed by atoms with Gasteiger partial charge in [-0.25, -0.2) is 4.79 Å². The molecule has 24 heavy (non-hydrogen) atoms. The molecule has 0 aliphatic carbocycles. The lowest BCUT2D eigenvalue weighted by molar-refractivity contribution is -0.130. The summed E-state index contributed by atoms with van der Waals surface area (Å²) in [5.41, 5.74) is 3.43. The second-order valence-corrected chi connectivity index (χ2v) is 5.72. The number of rotatable bonds is 5. The van der Waals surface area contributed by atoms with Gasteiger partial charge in [0.15, 0.2) is 6.10 Å². The minimum absolute atomic E-state index is 0.279. The van der Waals surface area contributed by atoms with Gasteiger partial charge in [0.25, 0.3) is 5.91 Å². The standard InChI is InChI=1S/C19H19NO4/c1-23-12-14-8-6-13(7-9-14)11-20-18(21)17-10-15-4-2-3-5-16(15)19(22)24-17/h2-9,17H,10-12H2,1H3,(H,20,21). The molecule has 124 valence electrons. The summed E-state index contributed by atoms with van der Waals surface area (Å²) in [6.07, 6.45) is -0.374. The monoisotopic (exact) mass is 325 g/mol. The van der Waals surface area contributed by atoms with Crippen LogP contribution in [0.1, 0.15) is 27.0 Å². The molecule has 0 fully saturated rings. The number of carbonyl (C=O) groups excluding carboxylic acids is 2. The van der Waals surface area contributed by atoms with E-state index in [4.69, 9.17) is 9.47 Å². The molecular weight excluding hydrogens is 306 g/mol. The van der Waals surface area contributed by atoms with Gasteiger partial charge in [-0.3, -0.25) is 4.79 Å². The highest BCUT2D eigenvalue weighted by molar-refractivity contribution is 5.95. The van der Waals surface area contributed by atoms with Crippen molar-refractivity contribution in [2.75, 3.05) is 7.11 Å². The highest BCUT2D eigenvalue weighted by Crippen LogP contribution is 2.20. The Morgan fingerprint density at radius 2 is 1.88 bits per heavy atom. The average molecular weight is 325 g/mol. The van der Waals surface area contributed by atoms with E-state index in [1.807, 2.05) is 36.4 Å². The molecule has 0 aromatic heterocycles. The van der Waals surface area contributed by atoms with Crippen LogP contribution < -0.4 is 5.32 Å². The highest BCUT2D eigenvalue weighted by Gasteiger charge is 2.30. The maximum Gasteiger partial charge on any atom is 0.339 e. The van der Waals surface area contributed by atoms with E-state index in [0.29, 0.717) is 25.1 Å². The summed E-state index contributed by atoms with van der Waals surface area (Å²) in [7, 11) is 1.65. The van der Waals surface area contributed by atoms with Crippen LogP contribution in [0.4, 0.5) is 0 Å². The fourth-order valence-electron chi connectivity index (χ4n) is 2.70. The maximum atomic E-state index is 12.3. The van der Waals surface area contributed by atoms with E-state index in [2.05, 4.69) is 5.32 Å². The molecule has 2 aromatic rings. The number of fused-ring (bicyclic) bond motifs is 1. The predicted molar refractivity (Wildman–Crippen MR) is 88.4 cm³/mol. The summed E-state index contributed by atoms with van der Waals surface area (Å²) in [5.74, 6) is -0.722. The van der Waals surface area contributed by atoms with E-state index in [1.54, 1.807) is 19.2 Å². The van der Waals surface area contributed by atoms with Crippen LogP contribution in [0.5, 0.6) is 0 Å². The number of amides is 1. The first kappa shape index (κ1) is 16.2. The molecule has 0 saturated carbocycles. The summed E-state index contributed by atoms with van der Waals surface area (Å²) in [5, 5.41) is 2.82. The maximum absolute atomic E-state index is 12.3. The van der Waals surface area contributed by atoms with Gasteiger partial charge < -0.3 is 14.8 Å². The number of cyclic esters (lactones) is 1. The number of hydrogen-bond acceptors (Lipinski definition) is 4. The Kier molecular flexibility index (Phi) is 4.91. The van der Waals surface area contributed by atoms with Gasteiger partial charge in [0.05, 0.1) is 12.2 Å². The van der Waals surface area contributed by atoms with Crippen LogP contribution in [-0.2, 0) is 33.8 Å². The van der Waals surface area contributed by atoms with Gasteiger partial charge in [0.2, 0.25) is 0 Å². The fourth-order valence-corrected chi connectivity index (χ4v) is 2.70. The summed E-state index contributed by atoms with van der Waals surface area (Å²) >= 11 is 0. The molecule has 1 unspecified atom stereocenters. The van der Waals surface area contributed by atoms with Crippen molar-refractivity contribution in [1.29, 1.82) is 0 Å². The Balaban J connectivity index is 1.59. The van der Waals surface area contributed by atoms with Crippen LogP contribution in [-0.4, -0.2) is 25.1 Å². The molecule has 5 heteroatoms. The van der Waals surface area contributed by atoms with Gasteiger partial charge in [-0.05, 0) is 22.8 Å². The minimum atomic E-state index is -0.778. The first-order chi connectivity index (χ1) is 11.7. The van der Waals surface area contributed by atoms with Crippen molar-refractivity contribution in [3.63, 3.8) is 0 Å². The molecule has 0 radical (unpaired) electrons. The molecule has 3 rings (SSSR count). The third-order valence-corrected chi connectivity index (χ3v) is 3.99. The second kappa shape index (κ2) is 7.27. The van der Waals surface area contributed by atoms with Crippen molar-refractivity contribution in [2.24, 2.45) is 0 Å². The average Bonchev–Trinajstić information content (AvgIpc) is 2.61. The molecule has 1 aliphatic heterocycles. The summed E-state index contributed by atoms with van der Waals surface area (Å²) in [4.78, 5) is 24.2. The number of methoxy groups -OCH3 is 1. The van der Waals surface area contributed by atoms with Gasteiger partial charge in [0, 0.05) is 20.1 Å². The molecule has 1 aliphatic rings. The van der Waals surface area contributed by atoms with E-state index in [-0.39, 0.29) is 5.91 Å². The molecule has 0 saturated heterocycles. The Morgan fingerprint density at radius 1 is 1.17 bits per heavy atom. The molecule has 0 bridgehead atoms. The fraction of sp³-hybridized carbons (Fsp3) is 0.263. The summed E-state index contributed by atoms with van der Waals surface area (Å²) in [6, 6.07) is 15.0. The van der Waals surface area contributed by atoms with E-state index < -0.39 is 12.1 Å². The quantitative estimate of drug-likeness (QED) is 0.856. The van der Waals surface area contributed by atoms with Crippen molar-refractivity contribution in [1.82, 2.24) is 5.32 Å². The van der Waals surface area contributed by atoms with Gasteiger partial charge in [-0.2, -0.15) is 0 Å². The number of hydrogen-bond donors (Lipinski definition) is 1. The number of esters is 1. The minimum Gasteiger partial charge on any atom is -0.448 e. The normalized spacial score (nSPS) is 16.2. The largest absolute Gasteiger partial charge is 0.448 e. The first-order valence-corrected chi connectivity index (χ1v) is 7.80. The predicted octanol–water partition coefficient (Wildman–Crippen LogP) is 2.23. The van der Waals surface area contributed by atoms with Gasteiger partial charge >= 0.3 is 5.97 Å². The van der Waals surface area contributed by atoms with Crippen molar-refractivity contribution in [3.05, 3.63) is 70.8 Å². The topological polar surface area (TPSA) is 64.6 Å². The molecule has 1 heterocycles. The molecular formula is C19H19NO4. The van der Waals surface area contributed by atoms with Crippen LogP contribution >= 0.6 is 0 Å². The Labute approximate surface area is 140 Å². The van der Waals surface area contributed by atoms with Crippen molar-refractivity contribution >= 4 is 11.9 Å². The van der Waals surface area contributed by atoms with E-state index >= 15 is 0 Å². The second-order valence-electron chi connectivity index (χ2n) is 5.72. The lowest BCUT2D eigenvalue weighted by Crippen LogP contribution is -2.41. The molecule has 0 spiro atoms. The number of nitrogens with one attached hydrogen (secondary N) is 1. The first-order valence-electron chi connectivity index (χ1n) is 7.80. The van der Waals surface area contributed by atoms with Crippen LogP contribution in [0, 0.1) is 0 Å². The van der Waals surface area contributed by atoms with E-state index in [0.717, 1.165) is 16.7 Å². The summed E-state index contributed by atoms with van der Waals surface area (Å²) < 4.78 is 10.3. The van der Waals surface area contributed by atoms with Crippen LogP contribution in [0.2, 0.25) is 0 Å². The van der Waals surface area contributed by atoms with Crippen molar-refractivity contribution in [2.45, 2.75) is 25.7 Å². The van der Waals surface area contributed by atoms with Gasteiger partial charge in [-0.15, -0.1) is 0 Å². The zero-order valence-corrected chi connectivity index (χ0v) is 13.5. The van der Waals surface area contributed by atoms with E-state index in [9.17, 15) is 9.59 Å². The lowest BCUT2D eigenvalue weighted by atomic mass is 9.98. The third-order valence-electron chi connectivity index (χ3n) is 3.99. The number of ether oxygens (including phenoxy) is 2. The Bertz CT molecular complexity index is 739. The van der Waals surface area contributed by atoms with E-state index in [1.165, 1.54) is 0 Å². The zero-order chi connectivity index (χ0) is 16.9. The molecule has 1 N–H and O–H groups in total. The van der Waals surface area contributed by atoms with Crippen LogP contribution in [0.3, 0.4) is 0 Å². The summed E-state index contributed by atoms with van der Waals surface area (Å²) in [6.45, 7) is 0.950. The molecule has 5 nitrogen and oxygen atoms in total. The highest BCUT2D eigenvalue weighted by atomic mass is 16.5. The number of carbonyl (C=O) groups is 2. The number of benzene rings is 2. The van der Waals surface area contributed by atoms with Gasteiger partial charge in [-0.1, -0.05) is 42.5 Å². The van der Waals surface area contributed by atoms with Crippen LogP contribution in [0.25, 0.3) is 0 Å². The zero-order valence-electron chi connectivity index (χ0n) is 13.5. The third kappa shape index (κ3) is 3.63. The molecule has 2 aromatic carbocycles. The SMILES string of the molecule is COCc1ccc(CNC(=O)C2Cc3ccccc3C(=O)O2)cc1.